The number of unbranched alkanes of at least 4 members (excludes halogenated alkanes) is 1. The van der Waals surface area contributed by atoms with Crippen molar-refractivity contribution in [1.29, 1.82) is 0 Å². The molecule has 0 heterocycles. The van der Waals surface area contributed by atoms with Crippen molar-refractivity contribution < 1.29 is 18.1 Å². The third kappa shape index (κ3) is 8.00. The minimum Gasteiger partial charge on any atom is -0.356 e. The zero-order chi connectivity index (χ0) is 22.0. The Kier molecular flexibility index (Phi) is 10.1. The lowest BCUT2D eigenvalue weighted by Crippen LogP contribution is -2.33. The fraction of sp³-hybridized carbons (Fsp3) is 0.650. The summed E-state index contributed by atoms with van der Waals surface area (Å²) < 4.78 is 25.6. The van der Waals surface area contributed by atoms with Gasteiger partial charge in [-0.15, -0.1) is 0 Å². The summed E-state index contributed by atoms with van der Waals surface area (Å²) in [5, 5.41) is 14.1. The molecular weight excluding hydrogens is 394 g/mol. The highest BCUT2D eigenvalue weighted by Gasteiger charge is 2.23. The lowest BCUT2D eigenvalue weighted by atomic mass is 9.99. The summed E-state index contributed by atoms with van der Waals surface area (Å²) in [6.07, 6.45) is 5.94. The molecule has 1 aromatic rings. The molecule has 1 aromatic carbocycles. The average molecular weight is 428 g/mol. The maximum absolute atomic E-state index is 12.3. The van der Waals surface area contributed by atoms with Crippen LogP contribution in [0.2, 0.25) is 0 Å². The van der Waals surface area contributed by atoms with Gasteiger partial charge in [0.25, 0.3) is 5.69 Å². The van der Waals surface area contributed by atoms with Crippen molar-refractivity contribution in [3.63, 3.8) is 0 Å². The smallest absolute Gasteiger partial charge is 0.274 e. The molecule has 9 heteroatoms. The molecule has 0 aliphatic heterocycles. The second-order valence-corrected chi connectivity index (χ2v) is 9.24. The van der Waals surface area contributed by atoms with Crippen LogP contribution in [-0.2, 0) is 14.8 Å². The van der Waals surface area contributed by atoms with Gasteiger partial charge in [-0.2, -0.15) is 0 Å². The number of sulfonamides is 1. The molecule has 164 valence electrons. The Morgan fingerprint density at radius 1 is 1.28 bits per heavy atom. The van der Waals surface area contributed by atoms with Crippen molar-refractivity contribution in [3.05, 3.63) is 33.9 Å². The average Bonchev–Trinajstić information content (AvgIpc) is 2.65. The monoisotopic (exact) mass is 427 g/mol. The van der Waals surface area contributed by atoms with Gasteiger partial charge >= 0.3 is 0 Å². The highest BCUT2D eigenvalue weighted by molar-refractivity contribution is 7.92. The minimum absolute atomic E-state index is 0.0846. The lowest BCUT2D eigenvalue weighted by molar-refractivity contribution is -0.385. The summed E-state index contributed by atoms with van der Waals surface area (Å²) >= 11 is 0. The summed E-state index contributed by atoms with van der Waals surface area (Å²) in [6.45, 7) is 6.50. The van der Waals surface area contributed by atoms with Crippen LogP contribution in [0.5, 0.6) is 0 Å². The number of nitrogens with one attached hydrogen (secondary N) is 1. The first-order valence-corrected chi connectivity index (χ1v) is 11.9. The zero-order valence-electron chi connectivity index (χ0n) is 17.8. The van der Waals surface area contributed by atoms with Crippen LogP contribution in [0.15, 0.2) is 18.2 Å². The molecular formula is C20H33N3O5S. The van der Waals surface area contributed by atoms with Crippen molar-refractivity contribution in [2.45, 2.75) is 59.3 Å². The third-order valence-electron chi connectivity index (χ3n) is 5.04. The first-order valence-electron chi connectivity index (χ1n) is 10.1. The molecule has 0 bridgehead atoms. The molecule has 0 aliphatic carbocycles. The Morgan fingerprint density at radius 2 is 1.97 bits per heavy atom. The second kappa shape index (κ2) is 11.7. The lowest BCUT2D eigenvalue weighted by Gasteiger charge is -2.24. The number of benzene rings is 1. The van der Waals surface area contributed by atoms with E-state index in [0.29, 0.717) is 18.9 Å². The van der Waals surface area contributed by atoms with E-state index in [2.05, 4.69) is 19.2 Å². The van der Waals surface area contributed by atoms with Crippen LogP contribution in [0.25, 0.3) is 0 Å². The number of anilines is 1. The molecule has 8 nitrogen and oxygen atoms in total. The highest BCUT2D eigenvalue weighted by atomic mass is 32.2. The summed E-state index contributed by atoms with van der Waals surface area (Å²) in [5.74, 6) is 0.350. The highest BCUT2D eigenvalue weighted by Crippen LogP contribution is 2.30. The van der Waals surface area contributed by atoms with Crippen molar-refractivity contribution in [2.75, 3.05) is 23.7 Å². The zero-order valence-corrected chi connectivity index (χ0v) is 18.6. The fourth-order valence-corrected chi connectivity index (χ4v) is 4.23. The molecule has 29 heavy (non-hydrogen) atoms. The SMILES string of the molecule is CCCC[C@@H](CC)CNC(=O)CCCN(c1cccc([N+](=O)[O-])c1C)S(C)(=O)=O. The Labute approximate surface area is 173 Å². The van der Waals surface area contributed by atoms with Crippen LogP contribution in [0.1, 0.15) is 57.9 Å². The number of rotatable bonds is 13. The predicted molar refractivity (Wildman–Crippen MR) is 116 cm³/mol. The Morgan fingerprint density at radius 3 is 2.52 bits per heavy atom. The van der Waals surface area contributed by atoms with Crippen molar-refractivity contribution >= 4 is 27.3 Å². The fourth-order valence-electron chi connectivity index (χ4n) is 3.22. The van der Waals surface area contributed by atoms with E-state index in [4.69, 9.17) is 0 Å². The van der Waals surface area contributed by atoms with Crippen LogP contribution >= 0.6 is 0 Å². The van der Waals surface area contributed by atoms with E-state index in [1.165, 1.54) is 19.1 Å². The van der Waals surface area contributed by atoms with Crippen molar-refractivity contribution in [1.82, 2.24) is 5.32 Å². The van der Waals surface area contributed by atoms with Gasteiger partial charge in [0.05, 0.1) is 22.4 Å². The first kappa shape index (κ1) is 24.9. The van der Waals surface area contributed by atoms with Crippen LogP contribution in [0.4, 0.5) is 11.4 Å². The number of nitro benzene ring substituents is 1. The van der Waals surface area contributed by atoms with Crippen molar-refractivity contribution in [2.24, 2.45) is 5.92 Å². The minimum atomic E-state index is -3.64. The normalized spacial score (nSPS) is 12.4. The van der Waals surface area contributed by atoms with E-state index < -0.39 is 14.9 Å². The number of nitrogens with zero attached hydrogens (tertiary/aromatic N) is 2. The Balaban J connectivity index is 2.72. The molecule has 0 fully saturated rings. The van der Waals surface area contributed by atoms with Crippen LogP contribution in [0.3, 0.4) is 0 Å². The van der Waals surface area contributed by atoms with Crippen LogP contribution in [0, 0.1) is 23.0 Å². The van der Waals surface area contributed by atoms with Gasteiger partial charge in [-0.1, -0.05) is 39.2 Å². The Bertz CT molecular complexity index is 795. The van der Waals surface area contributed by atoms with Gasteiger partial charge in [0.1, 0.15) is 0 Å². The molecule has 1 amide bonds. The predicted octanol–water partition coefficient (Wildman–Crippen LogP) is 3.78. The Hall–Kier alpha value is -2.16. The standard InChI is InChI=1S/C20H33N3O5S/c1-5-7-10-17(6-2)15-21-20(24)13-9-14-22(29(4,27)28)18-11-8-12-19(16(18)3)23(25)26/h8,11-12,17H,5-7,9-10,13-15H2,1-4H3,(H,21,24)/t17-/m1/s1. The summed E-state index contributed by atoms with van der Waals surface area (Å²) in [6, 6.07) is 4.35. The third-order valence-corrected chi connectivity index (χ3v) is 6.22. The van der Waals surface area contributed by atoms with Crippen LogP contribution in [-0.4, -0.2) is 38.6 Å². The van der Waals surface area contributed by atoms with Gasteiger partial charge in [0.15, 0.2) is 0 Å². The maximum atomic E-state index is 12.3. The van der Waals surface area contributed by atoms with E-state index in [0.717, 1.165) is 36.2 Å². The quantitative estimate of drug-likeness (QED) is 0.380. The maximum Gasteiger partial charge on any atom is 0.274 e. The molecule has 0 aromatic heterocycles. The van der Waals surface area contributed by atoms with Gasteiger partial charge in [0, 0.05) is 25.6 Å². The molecule has 0 spiro atoms. The topological polar surface area (TPSA) is 110 Å². The largest absolute Gasteiger partial charge is 0.356 e. The molecule has 1 atom stereocenters. The van der Waals surface area contributed by atoms with E-state index >= 15 is 0 Å². The molecule has 0 aliphatic rings. The van der Waals surface area contributed by atoms with Gasteiger partial charge in [-0.05, 0) is 31.7 Å². The van der Waals surface area contributed by atoms with E-state index in [-0.39, 0.29) is 35.8 Å². The number of amides is 1. The number of nitro groups is 1. The molecule has 0 saturated heterocycles. The molecule has 0 radical (unpaired) electrons. The second-order valence-electron chi connectivity index (χ2n) is 7.34. The summed E-state index contributed by atoms with van der Waals surface area (Å²) in [7, 11) is -3.64. The molecule has 0 unspecified atom stereocenters. The first-order chi connectivity index (χ1) is 13.6. The van der Waals surface area contributed by atoms with E-state index in [9.17, 15) is 23.3 Å². The van der Waals surface area contributed by atoms with E-state index in [1.54, 1.807) is 6.07 Å². The van der Waals surface area contributed by atoms with Gasteiger partial charge in [-0.3, -0.25) is 19.2 Å². The number of carbonyl (C=O) groups is 1. The van der Waals surface area contributed by atoms with Crippen LogP contribution < -0.4 is 9.62 Å². The molecule has 1 N–H and O–H groups in total. The van der Waals surface area contributed by atoms with Gasteiger partial charge in [-0.25, -0.2) is 8.42 Å². The summed E-state index contributed by atoms with van der Waals surface area (Å²) in [4.78, 5) is 22.8. The molecule has 0 saturated carbocycles. The summed E-state index contributed by atoms with van der Waals surface area (Å²) in [5.41, 5.74) is 0.424. The molecule has 1 rings (SSSR count). The van der Waals surface area contributed by atoms with Gasteiger partial charge < -0.3 is 5.32 Å². The number of hydrogen-bond acceptors (Lipinski definition) is 5. The van der Waals surface area contributed by atoms with Gasteiger partial charge in [0.2, 0.25) is 15.9 Å². The van der Waals surface area contributed by atoms with E-state index in [1.807, 2.05) is 0 Å². The number of carbonyl (C=O) groups excluding carboxylic acids is 1. The number of hydrogen-bond donors (Lipinski definition) is 1. The van der Waals surface area contributed by atoms with Crippen molar-refractivity contribution in [3.8, 4) is 0 Å².